The molecule has 0 radical (unpaired) electrons. The van der Waals surface area contributed by atoms with Crippen molar-refractivity contribution in [1.82, 2.24) is 0 Å². The molecule has 250 valence electrons. The first-order valence-corrected chi connectivity index (χ1v) is 18.0. The summed E-state index contributed by atoms with van der Waals surface area (Å²) in [7, 11) is 0. The van der Waals surface area contributed by atoms with Crippen LogP contribution in [0.15, 0.2) is 211 Å². The van der Waals surface area contributed by atoms with Crippen molar-refractivity contribution in [3.63, 3.8) is 0 Å². The Hall–Kier alpha value is -7.10. The Morgan fingerprint density at radius 3 is 1.26 bits per heavy atom. The van der Waals surface area contributed by atoms with Crippen LogP contribution in [-0.4, -0.2) is 0 Å². The fraction of sp³-hybridized carbons (Fsp3) is 0. The summed E-state index contributed by atoms with van der Waals surface area (Å²) in [4.78, 5) is 4.65. The number of fused-ring (bicyclic) bond motifs is 6. The highest BCUT2D eigenvalue weighted by atomic mass is 16.3. The minimum Gasteiger partial charge on any atom is -0.453 e. The fourth-order valence-corrected chi connectivity index (χ4v) is 7.90. The van der Waals surface area contributed by atoms with E-state index in [1.54, 1.807) is 0 Å². The van der Waals surface area contributed by atoms with E-state index in [0.717, 1.165) is 67.2 Å². The van der Waals surface area contributed by atoms with Crippen LogP contribution in [-0.2, 0) is 0 Å². The van der Waals surface area contributed by atoms with Crippen molar-refractivity contribution >= 4 is 77.6 Å². The summed E-state index contributed by atoms with van der Waals surface area (Å²) in [5.74, 6) is 0. The van der Waals surface area contributed by atoms with Gasteiger partial charge in [0.15, 0.2) is 5.58 Å². The summed E-state index contributed by atoms with van der Waals surface area (Å²) in [5.41, 5.74) is 10.4. The lowest BCUT2D eigenvalue weighted by Gasteiger charge is -2.27. The third kappa shape index (κ3) is 5.21. The third-order valence-electron chi connectivity index (χ3n) is 10.2. The highest BCUT2D eigenvalue weighted by molar-refractivity contribution is 6.22. The molecular formula is C50H34N2O. The molecule has 0 amide bonds. The Balaban J connectivity index is 1.25. The summed E-state index contributed by atoms with van der Waals surface area (Å²) in [5, 5.41) is 6.92. The zero-order chi connectivity index (χ0) is 35.1. The summed E-state index contributed by atoms with van der Waals surface area (Å²) in [6.45, 7) is 0. The van der Waals surface area contributed by atoms with Gasteiger partial charge in [0.2, 0.25) is 0 Å². The van der Waals surface area contributed by atoms with Crippen LogP contribution < -0.4 is 9.80 Å². The van der Waals surface area contributed by atoms with Gasteiger partial charge in [-0.05, 0) is 82.4 Å². The van der Waals surface area contributed by atoms with Gasteiger partial charge in [0.25, 0.3) is 0 Å². The molecule has 0 fully saturated rings. The van der Waals surface area contributed by atoms with Crippen molar-refractivity contribution in [3.8, 4) is 11.1 Å². The maximum Gasteiger partial charge on any atom is 0.159 e. The summed E-state index contributed by atoms with van der Waals surface area (Å²) in [6, 6.07) is 73.1. The number of para-hydroxylation sites is 6. The largest absolute Gasteiger partial charge is 0.453 e. The third-order valence-corrected chi connectivity index (χ3v) is 10.2. The van der Waals surface area contributed by atoms with Crippen LogP contribution in [0.25, 0.3) is 54.6 Å². The molecule has 1 heterocycles. The standard InChI is InChI=1S/C50H34N2O/c1-5-19-37(20-6-1)51(38-21-7-2-8-22-38)45-31-14-18-36-34-33-35-17-13-27-41(47(35)48(36)45)42-28-15-29-43-44-30-16-32-46(50(44)53-49(42)43)52(39-23-9-3-10-24-39)40-25-11-4-12-26-40/h1-34H. The lowest BCUT2D eigenvalue weighted by molar-refractivity contribution is 0.670. The molecule has 0 bridgehead atoms. The Morgan fingerprint density at radius 1 is 0.283 bits per heavy atom. The predicted octanol–water partition coefficient (Wildman–Crippen LogP) is 14.5. The Bertz CT molecular complexity index is 2800. The second-order valence-electron chi connectivity index (χ2n) is 13.3. The molecule has 3 nitrogen and oxygen atoms in total. The average Bonchev–Trinajstić information content (AvgIpc) is 3.62. The van der Waals surface area contributed by atoms with E-state index in [1.165, 1.54) is 21.5 Å². The van der Waals surface area contributed by atoms with E-state index in [2.05, 4.69) is 216 Å². The van der Waals surface area contributed by atoms with Crippen molar-refractivity contribution in [2.24, 2.45) is 0 Å². The van der Waals surface area contributed by atoms with Gasteiger partial charge in [-0.25, -0.2) is 0 Å². The van der Waals surface area contributed by atoms with Gasteiger partial charge >= 0.3 is 0 Å². The van der Waals surface area contributed by atoms with Crippen molar-refractivity contribution in [2.75, 3.05) is 9.80 Å². The number of anilines is 6. The van der Waals surface area contributed by atoms with E-state index < -0.39 is 0 Å². The van der Waals surface area contributed by atoms with Crippen LogP contribution >= 0.6 is 0 Å². The van der Waals surface area contributed by atoms with E-state index in [0.29, 0.717) is 0 Å². The van der Waals surface area contributed by atoms with E-state index >= 15 is 0 Å². The van der Waals surface area contributed by atoms with Gasteiger partial charge in [-0.1, -0.05) is 146 Å². The molecule has 3 heteroatoms. The van der Waals surface area contributed by atoms with Gasteiger partial charge in [0.05, 0.1) is 11.4 Å². The topological polar surface area (TPSA) is 19.6 Å². The lowest BCUT2D eigenvalue weighted by atomic mass is 9.91. The molecule has 0 saturated heterocycles. The van der Waals surface area contributed by atoms with Crippen molar-refractivity contribution < 1.29 is 4.42 Å². The molecule has 10 rings (SSSR count). The van der Waals surface area contributed by atoms with E-state index in [-0.39, 0.29) is 0 Å². The van der Waals surface area contributed by atoms with Gasteiger partial charge in [0.1, 0.15) is 5.58 Å². The number of hydrogen-bond acceptors (Lipinski definition) is 3. The SMILES string of the molecule is c1ccc(N(c2ccccc2)c2cccc3c2oc2c(-c4cccc5ccc6cccc(N(c7ccccc7)c7ccccc7)c6c45)cccc23)cc1. The van der Waals surface area contributed by atoms with Gasteiger partial charge in [-0.3, -0.25) is 0 Å². The number of furan rings is 1. The molecule has 53 heavy (non-hydrogen) atoms. The Morgan fingerprint density at radius 2 is 0.698 bits per heavy atom. The average molecular weight is 679 g/mol. The van der Waals surface area contributed by atoms with Crippen LogP contribution in [0.1, 0.15) is 0 Å². The molecule has 0 N–H and O–H groups in total. The van der Waals surface area contributed by atoms with Gasteiger partial charge in [0, 0.05) is 44.5 Å². The zero-order valence-corrected chi connectivity index (χ0v) is 28.9. The second-order valence-corrected chi connectivity index (χ2v) is 13.3. The highest BCUT2D eigenvalue weighted by Gasteiger charge is 2.23. The van der Waals surface area contributed by atoms with Crippen LogP contribution in [0.2, 0.25) is 0 Å². The molecule has 0 aliphatic heterocycles. The maximum atomic E-state index is 7.12. The van der Waals surface area contributed by atoms with Crippen molar-refractivity contribution in [2.45, 2.75) is 0 Å². The molecule has 0 atom stereocenters. The van der Waals surface area contributed by atoms with E-state index in [4.69, 9.17) is 4.42 Å². The van der Waals surface area contributed by atoms with Crippen LogP contribution in [0.4, 0.5) is 34.1 Å². The number of rotatable bonds is 7. The van der Waals surface area contributed by atoms with E-state index in [9.17, 15) is 0 Å². The smallest absolute Gasteiger partial charge is 0.159 e. The normalized spacial score (nSPS) is 11.4. The van der Waals surface area contributed by atoms with Crippen LogP contribution in [0.5, 0.6) is 0 Å². The number of hydrogen-bond donors (Lipinski definition) is 0. The van der Waals surface area contributed by atoms with Crippen LogP contribution in [0, 0.1) is 0 Å². The first-order chi connectivity index (χ1) is 26.3. The summed E-state index contributed by atoms with van der Waals surface area (Å²) < 4.78 is 7.12. The second kappa shape index (κ2) is 12.9. The summed E-state index contributed by atoms with van der Waals surface area (Å²) >= 11 is 0. The zero-order valence-electron chi connectivity index (χ0n) is 28.9. The molecule has 0 saturated carbocycles. The van der Waals surface area contributed by atoms with Gasteiger partial charge in [-0.15, -0.1) is 0 Å². The monoisotopic (exact) mass is 678 g/mol. The Labute approximate surface area is 308 Å². The Kier molecular flexibility index (Phi) is 7.47. The molecular weight excluding hydrogens is 645 g/mol. The maximum absolute atomic E-state index is 7.12. The minimum atomic E-state index is 0.854. The fourth-order valence-electron chi connectivity index (χ4n) is 7.90. The first-order valence-electron chi connectivity index (χ1n) is 18.0. The van der Waals surface area contributed by atoms with Crippen molar-refractivity contribution in [3.05, 3.63) is 206 Å². The molecule has 0 aliphatic carbocycles. The highest BCUT2D eigenvalue weighted by Crippen LogP contribution is 2.47. The quantitative estimate of drug-likeness (QED) is 0.156. The number of nitrogens with zero attached hydrogens (tertiary/aromatic N) is 2. The van der Waals surface area contributed by atoms with Gasteiger partial charge < -0.3 is 14.2 Å². The molecule has 0 aliphatic rings. The molecule has 9 aromatic carbocycles. The molecule has 1 aromatic heterocycles. The molecule has 0 unspecified atom stereocenters. The molecule has 10 aromatic rings. The first kappa shape index (κ1) is 30.7. The number of benzene rings is 9. The van der Waals surface area contributed by atoms with E-state index in [1.807, 2.05) is 0 Å². The summed E-state index contributed by atoms with van der Waals surface area (Å²) in [6.07, 6.45) is 0. The molecule has 0 spiro atoms. The van der Waals surface area contributed by atoms with Gasteiger partial charge in [-0.2, -0.15) is 0 Å². The predicted molar refractivity (Wildman–Crippen MR) is 224 cm³/mol. The van der Waals surface area contributed by atoms with Crippen LogP contribution in [0.3, 0.4) is 0 Å². The minimum absolute atomic E-state index is 0.854. The lowest BCUT2D eigenvalue weighted by Crippen LogP contribution is -2.10. The van der Waals surface area contributed by atoms with Crippen molar-refractivity contribution in [1.29, 1.82) is 0 Å².